The number of amides is 1. The molecule has 2 atom stereocenters. The van der Waals surface area contributed by atoms with Crippen LogP contribution in [0.15, 0.2) is 24.3 Å². The van der Waals surface area contributed by atoms with Gasteiger partial charge in [-0.1, -0.05) is 18.2 Å². The van der Waals surface area contributed by atoms with Crippen LogP contribution in [0, 0.1) is 0 Å². The van der Waals surface area contributed by atoms with Crippen LogP contribution in [0.1, 0.15) is 24.8 Å². The molecule has 0 fully saturated rings. The summed E-state index contributed by atoms with van der Waals surface area (Å²) >= 11 is 0. The van der Waals surface area contributed by atoms with Crippen molar-refractivity contribution in [3.8, 4) is 0 Å². The van der Waals surface area contributed by atoms with Crippen LogP contribution in [0.4, 0.5) is 5.69 Å². The van der Waals surface area contributed by atoms with E-state index >= 15 is 0 Å². The van der Waals surface area contributed by atoms with E-state index in [1.807, 2.05) is 31.3 Å². The Kier molecular flexibility index (Phi) is 4.43. The third-order valence-corrected chi connectivity index (χ3v) is 3.63. The smallest absolute Gasteiger partial charge is 0.230 e. The zero-order valence-corrected chi connectivity index (χ0v) is 11.8. The van der Waals surface area contributed by atoms with E-state index in [0.717, 1.165) is 17.7 Å². The van der Waals surface area contributed by atoms with Crippen molar-refractivity contribution in [3.05, 3.63) is 29.8 Å². The Morgan fingerprint density at radius 1 is 1.47 bits per heavy atom. The maximum Gasteiger partial charge on any atom is 0.230 e. The number of nitrogens with zero attached hydrogens (tertiary/aromatic N) is 1. The lowest BCUT2D eigenvalue weighted by molar-refractivity contribution is -0.132. The molecule has 0 spiro atoms. The van der Waals surface area contributed by atoms with Crippen molar-refractivity contribution in [3.63, 3.8) is 0 Å². The van der Waals surface area contributed by atoms with Crippen molar-refractivity contribution < 1.29 is 9.53 Å². The minimum atomic E-state index is -0.0469. The SMILES string of the molecule is COCCN(C)C(=O)C1CC(C)Nc2ccccc21. The highest BCUT2D eigenvalue weighted by Crippen LogP contribution is 2.34. The summed E-state index contributed by atoms with van der Waals surface area (Å²) in [6, 6.07) is 8.40. The van der Waals surface area contributed by atoms with Crippen LogP contribution in [0.3, 0.4) is 0 Å². The van der Waals surface area contributed by atoms with Crippen molar-refractivity contribution in [2.24, 2.45) is 0 Å². The van der Waals surface area contributed by atoms with Gasteiger partial charge in [0.1, 0.15) is 0 Å². The van der Waals surface area contributed by atoms with Gasteiger partial charge in [0.25, 0.3) is 0 Å². The molecule has 1 N–H and O–H groups in total. The van der Waals surface area contributed by atoms with Gasteiger partial charge < -0.3 is 15.0 Å². The molecular formula is C15H22N2O2. The van der Waals surface area contributed by atoms with Crippen molar-refractivity contribution in [1.82, 2.24) is 4.90 Å². The van der Waals surface area contributed by atoms with Gasteiger partial charge in [-0.05, 0) is 25.0 Å². The van der Waals surface area contributed by atoms with Gasteiger partial charge in [0, 0.05) is 32.4 Å². The molecule has 2 unspecified atom stereocenters. The van der Waals surface area contributed by atoms with Gasteiger partial charge in [0.05, 0.1) is 12.5 Å². The highest BCUT2D eigenvalue weighted by molar-refractivity contribution is 5.86. The number of methoxy groups -OCH3 is 1. The molecule has 4 nitrogen and oxygen atoms in total. The van der Waals surface area contributed by atoms with E-state index in [1.54, 1.807) is 12.0 Å². The second-order valence-corrected chi connectivity index (χ2v) is 5.17. The van der Waals surface area contributed by atoms with E-state index in [0.29, 0.717) is 19.2 Å². The van der Waals surface area contributed by atoms with E-state index in [2.05, 4.69) is 12.2 Å². The first kappa shape index (κ1) is 13.9. The molecule has 0 saturated heterocycles. The number of hydrogen-bond donors (Lipinski definition) is 1. The lowest BCUT2D eigenvalue weighted by Crippen LogP contribution is -2.38. The largest absolute Gasteiger partial charge is 0.383 e. The van der Waals surface area contributed by atoms with Crippen molar-refractivity contribution >= 4 is 11.6 Å². The minimum absolute atomic E-state index is 0.0469. The first-order valence-corrected chi connectivity index (χ1v) is 6.73. The highest BCUT2D eigenvalue weighted by Gasteiger charge is 2.31. The van der Waals surface area contributed by atoms with Crippen molar-refractivity contribution in [2.45, 2.75) is 25.3 Å². The van der Waals surface area contributed by atoms with E-state index in [4.69, 9.17) is 4.74 Å². The molecule has 0 aliphatic carbocycles. The third-order valence-electron chi connectivity index (χ3n) is 3.63. The summed E-state index contributed by atoms with van der Waals surface area (Å²) in [6.07, 6.45) is 0.840. The number of anilines is 1. The number of benzene rings is 1. The van der Waals surface area contributed by atoms with Gasteiger partial charge in [-0.25, -0.2) is 0 Å². The first-order valence-electron chi connectivity index (χ1n) is 6.73. The third kappa shape index (κ3) is 3.07. The summed E-state index contributed by atoms with van der Waals surface area (Å²) in [5.41, 5.74) is 2.19. The number of carbonyl (C=O) groups is 1. The van der Waals surface area contributed by atoms with Crippen LogP contribution in [-0.2, 0) is 9.53 Å². The zero-order valence-electron chi connectivity index (χ0n) is 11.8. The van der Waals surface area contributed by atoms with Crippen LogP contribution in [0.25, 0.3) is 0 Å². The standard InChI is InChI=1S/C15H22N2O2/c1-11-10-13(15(18)17(2)8-9-19-3)12-6-4-5-7-14(12)16-11/h4-7,11,13,16H,8-10H2,1-3H3. The molecule has 0 bridgehead atoms. The van der Waals surface area contributed by atoms with Crippen molar-refractivity contribution in [2.75, 3.05) is 32.6 Å². The quantitative estimate of drug-likeness (QED) is 0.903. The molecule has 4 heteroatoms. The maximum absolute atomic E-state index is 12.6. The molecule has 1 aliphatic rings. The van der Waals surface area contributed by atoms with Crippen LogP contribution in [0.5, 0.6) is 0 Å². The Morgan fingerprint density at radius 3 is 2.95 bits per heavy atom. The Bertz CT molecular complexity index is 448. The average molecular weight is 262 g/mol. The van der Waals surface area contributed by atoms with Gasteiger partial charge in [-0.2, -0.15) is 0 Å². The molecule has 1 aliphatic heterocycles. The number of para-hydroxylation sites is 1. The molecule has 1 heterocycles. The lowest BCUT2D eigenvalue weighted by atomic mass is 9.86. The van der Waals surface area contributed by atoms with E-state index < -0.39 is 0 Å². The number of rotatable bonds is 4. The normalized spacial score (nSPS) is 21.4. The highest BCUT2D eigenvalue weighted by atomic mass is 16.5. The molecule has 1 aromatic carbocycles. The van der Waals surface area contributed by atoms with Gasteiger partial charge in [-0.15, -0.1) is 0 Å². The van der Waals surface area contributed by atoms with Crippen LogP contribution in [0.2, 0.25) is 0 Å². The fraction of sp³-hybridized carbons (Fsp3) is 0.533. The first-order chi connectivity index (χ1) is 9.13. The average Bonchev–Trinajstić information content (AvgIpc) is 2.42. The second-order valence-electron chi connectivity index (χ2n) is 5.17. The molecule has 0 saturated carbocycles. The molecule has 0 radical (unpaired) electrons. The number of nitrogens with one attached hydrogen (secondary N) is 1. The minimum Gasteiger partial charge on any atom is -0.383 e. The van der Waals surface area contributed by atoms with E-state index in [1.165, 1.54) is 0 Å². The summed E-state index contributed by atoms with van der Waals surface area (Å²) < 4.78 is 5.03. The molecule has 1 amide bonds. The Labute approximate surface area is 114 Å². The summed E-state index contributed by atoms with van der Waals surface area (Å²) in [4.78, 5) is 14.3. The summed E-state index contributed by atoms with van der Waals surface area (Å²) in [5.74, 6) is 0.132. The molecule has 104 valence electrons. The van der Waals surface area contributed by atoms with Crippen LogP contribution < -0.4 is 5.32 Å². The van der Waals surface area contributed by atoms with E-state index in [-0.39, 0.29) is 11.8 Å². The monoisotopic (exact) mass is 262 g/mol. The number of carbonyl (C=O) groups excluding carboxylic acids is 1. The second kappa shape index (κ2) is 6.06. The number of likely N-dealkylation sites (N-methyl/N-ethyl adjacent to an activating group) is 1. The van der Waals surface area contributed by atoms with Gasteiger partial charge in [0.2, 0.25) is 5.91 Å². The molecule has 19 heavy (non-hydrogen) atoms. The van der Waals surface area contributed by atoms with Gasteiger partial charge >= 0.3 is 0 Å². The Balaban J connectivity index is 2.18. The lowest BCUT2D eigenvalue weighted by Gasteiger charge is -2.32. The predicted octanol–water partition coefficient (Wildman–Crippen LogP) is 2.08. The fourth-order valence-corrected chi connectivity index (χ4v) is 2.58. The number of ether oxygens (including phenoxy) is 1. The topological polar surface area (TPSA) is 41.6 Å². The predicted molar refractivity (Wildman–Crippen MR) is 76.4 cm³/mol. The van der Waals surface area contributed by atoms with Crippen LogP contribution in [-0.4, -0.2) is 44.2 Å². The Morgan fingerprint density at radius 2 is 2.21 bits per heavy atom. The number of fused-ring (bicyclic) bond motifs is 1. The maximum atomic E-state index is 12.6. The van der Waals surface area contributed by atoms with E-state index in [9.17, 15) is 4.79 Å². The summed E-state index contributed by atoms with van der Waals surface area (Å²) in [6.45, 7) is 3.32. The molecule has 1 aromatic rings. The van der Waals surface area contributed by atoms with Gasteiger partial charge in [0.15, 0.2) is 0 Å². The summed E-state index contributed by atoms with van der Waals surface area (Å²) in [5, 5.41) is 3.43. The summed E-state index contributed by atoms with van der Waals surface area (Å²) in [7, 11) is 3.50. The van der Waals surface area contributed by atoms with Gasteiger partial charge in [-0.3, -0.25) is 4.79 Å². The number of hydrogen-bond acceptors (Lipinski definition) is 3. The molecular weight excluding hydrogens is 240 g/mol. The Hall–Kier alpha value is -1.55. The molecule has 2 rings (SSSR count). The van der Waals surface area contributed by atoms with Crippen LogP contribution >= 0.6 is 0 Å². The fourth-order valence-electron chi connectivity index (χ4n) is 2.58. The van der Waals surface area contributed by atoms with Crippen molar-refractivity contribution in [1.29, 1.82) is 0 Å². The molecule has 0 aromatic heterocycles. The zero-order chi connectivity index (χ0) is 13.8.